The van der Waals surface area contributed by atoms with E-state index in [-0.39, 0.29) is 0 Å². The molecular formula is C16H16ClN3S2. The van der Waals surface area contributed by atoms with Gasteiger partial charge in [-0.05, 0) is 30.0 Å². The Morgan fingerprint density at radius 2 is 2.05 bits per heavy atom. The van der Waals surface area contributed by atoms with Gasteiger partial charge in [-0.2, -0.15) is 0 Å². The van der Waals surface area contributed by atoms with E-state index in [1.807, 2.05) is 18.2 Å². The number of benzene rings is 1. The molecule has 0 N–H and O–H groups in total. The third-order valence-corrected chi connectivity index (χ3v) is 5.60. The normalized spacial score (nSPS) is 11.0. The SMILES string of the molecule is CCn1c(Cc2cccs2)nnc1SCc1ccccc1Cl. The average Bonchev–Trinajstić information content (AvgIpc) is 3.16. The van der Waals surface area contributed by atoms with Crippen LogP contribution in [0.3, 0.4) is 0 Å². The van der Waals surface area contributed by atoms with E-state index in [9.17, 15) is 0 Å². The highest BCUT2D eigenvalue weighted by Crippen LogP contribution is 2.26. The van der Waals surface area contributed by atoms with Crippen molar-refractivity contribution in [3.8, 4) is 0 Å². The predicted octanol–water partition coefficient (Wildman–Crippen LogP) is 4.90. The molecule has 3 aromatic rings. The summed E-state index contributed by atoms with van der Waals surface area (Å²) in [7, 11) is 0. The summed E-state index contributed by atoms with van der Waals surface area (Å²) in [5, 5.41) is 12.6. The predicted molar refractivity (Wildman–Crippen MR) is 93.8 cm³/mol. The summed E-state index contributed by atoms with van der Waals surface area (Å²) in [6.45, 7) is 3.00. The van der Waals surface area contributed by atoms with Crippen LogP contribution in [0, 0.1) is 0 Å². The number of hydrogen-bond donors (Lipinski definition) is 0. The Kier molecular flexibility index (Phi) is 5.18. The highest BCUT2D eigenvalue weighted by Gasteiger charge is 2.13. The van der Waals surface area contributed by atoms with E-state index in [1.54, 1.807) is 23.1 Å². The van der Waals surface area contributed by atoms with E-state index in [2.05, 4.69) is 45.3 Å². The van der Waals surface area contributed by atoms with Crippen molar-refractivity contribution < 1.29 is 0 Å². The number of halogens is 1. The van der Waals surface area contributed by atoms with E-state index >= 15 is 0 Å². The van der Waals surface area contributed by atoms with Crippen LogP contribution < -0.4 is 0 Å². The van der Waals surface area contributed by atoms with Crippen LogP contribution in [0.2, 0.25) is 5.02 Å². The Balaban J connectivity index is 1.74. The van der Waals surface area contributed by atoms with Crippen LogP contribution in [0.5, 0.6) is 0 Å². The molecule has 0 unspecified atom stereocenters. The molecule has 114 valence electrons. The lowest BCUT2D eigenvalue weighted by molar-refractivity contribution is 0.652. The van der Waals surface area contributed by atoms with Crippen LogP contribution in [-0.2, 0) is 18.7 Å². The lowest BCUT2D eigenvalue weighted by atomic mass is 10.2. The van der Waals surface area contributed by atoms with Crippen LogP contribution in [0.1, 0.15) is 23.2 Å². The summed E-state index contributed by atoms with van der Waals surface area (Å²) in [4.78, 5) is 1.31. The molecule has 0 radical (unpaired) electrons. The summed E-state index contributed by atoms with van der Waals surface area (Å²) >= 11 is 9.64. The van der Waals surface area contributed by atoms with Crippen molar-refractivity contribution in [2.75, 3.05) is 0 Å². The second kappa shape index (κ2) is 7.31. The number of hydrogen-bond acceptors (Lipinski definition) is 4. The summed E-state index contributed by atoms with van der Waals surface area (Å²) in [5.41, 5.74) is 1.12. The van der Waals surface area contributed by atoms with Crippen molar-refractivity contribution in [3.63, 3.8) is 0 Å². The second-order valence-electron chi connectivity index (χ2n) is 4.78. The minimum atomic E-state index is 0.802. The molecule has 0 amide bonds. The molecule has 0 aliphatic heterocycles. The van der Waals surface area contributed by atoms with E-state index in [4.69, 9.17) is 11.6 Å². The fourth-order valence-corrected chi connectivity index (χ4v) is 4.21. The molecule has 0 aliphatic carbocycles. The second-order valence-corrected chi connectivity index (χ2v) is 7.16. The zero-order valence-electron chi connectivity index (χ0n) is 12.2. The molecule has 0 atom stereocenters. The van der Waals surface area contributed by atoms with Crippen LogP contribution in [-0.4, -0.2) is 14.8 Å². The van der Waals surface area contributed by atoms with E-state index in [0.717, 1.165) is 40.3 Å². The quantitative estimate of drug-likeness (QED) is 0.593. The van der Waals surface area contributed by atoms with Crippen LogP contribution >= 0.6 is 34.7 Å². The van der Waals surface area contributed by atoms with Crippen molar-refractivity contribution in [2.24, 2.45) is 0 Å². The molecule has 0 bridgehead atoms. The fraction of sp³-hybridized carbons (Fsp3) is 0.250. The average molecular weight is 350 g/mol. The Bertz CT molecular complexity index is 738. The maximum Gasteiger partial charge on any atom is 0.191 e. The van der Waals surface area contributed by atoms with Crippen molar-refractivity contribution in [3.05, 3.63) is 63.1 Å². The number of nitrogens with zero attached hydrogens (tertiary/aromatic N) is 3. The number of rotatable bonds is 6. The first-order valence-electron chi connectivity index (χ1n) is 7.08. The topological polar surface area (TPSA) is 30.7 Å². The monoisotopic (exact) mass is 349 g/mol. The van der Waals surface area contributed by atoms with Gasteiger partial charge in [-0.1, -0.05) is 47.6 Å². The molecule has 0 aliphatic rings. The summed E-state index contributed by atoms with van der Waals surface area (Å²) in [6.07, 6.45) is 0.838. The maximum absolute atomic E-state index is 6.21. The molecule has 3 nitrogen and oxygen atoms in total. The maximum atomic E-state index is 6.21. The van der Waals surface area contributed by atoms with Gasteiger partial charge in [0.25, 0.3) is 0 Å². The zero-order valence-corrected chi connectivity index (χ0v) is 14.6. The minimum Gasteiger partial charge on any atom is -0.306 e. The van der Waals surface area contributed by atoms with Gasteiger partial charge in [0.1, 0.15) is 5.82 Å². The molecule has 0 fully saturated rings. The van der Waals surface area contributed by atoms with Gasteiger partial charge in [-0.3, -0.25) is 0 Å². The zero-order chi connectivity index (χ0) is 15.4. The molecular weight excluding hydrogens is 334 g/mol. The minimum absolute atomic E-state index is 0.802. The Morgan fingerprint density at radius 3 is 2.77 bits per heavy atom. The molecule has 0 saturated carbocycles. The van der Waals surface area contributed by atoms with Crippen LogP contribution in [0.15, 0.2) is 46.9 Å². The summed E-state index contributed by atoms with van der Waals surface area (Å²) in [5.74, 6) is 1.82. The van der Waals surface area contributed by atoms with Gasteiger partial charge in [0.15, 0.2) is 5.16 Å². The van der Waals surface area contributed by atoms with Gasteiger partial charge in [0, 0.05) is 28.6 Å². The molecule has 6 heteroatoms. The lowest BCUT2D eigenvalue weighted by Gasteiger charge is -2.07. The Morgan fingerprint density at radius 1 is 1.18 bits per heavy atom. The van der Waals surface area contributed by atoms with Crippen LogP contribution in [0.4, 0.5) is 0 Å². The van der Waals surface area contributed by atoms with Gasteiger partial charge in [-0.25, -0.2) is 0 Å². The summed E-state index contributed by atoms with van der Waals surface area (Å²) in [6, 6.07) is 12.1. The standard InChI is InChI=1S/C16H16ClN3S2/c1-2-20-15(10-13-7-5-9-21-13)18-19-16(20)22-11-12-6-3-4-8-14(12)17/h3-9H,2,10-11H2,1H3. The highest BCUT2D eigenvalue weighted by molar-refractivity contribution is 7.98. The van der Waals surface area contributed by atoms with E-state index in [0.29, 0.717) is 0 Å². The highest BCUT2D eigenvalue weighted by atomic mass is 35.5. The van der Waals surface area contributed by atoms with Gasteiger partial charge >= 0.3 is 0 Å². The van der Waals surface area contributed by atoms with Gasteiger partial charge in [-0.15, -0.1) is 21.5 Å². The van der Waals surface area contributed by atoms with Crippen molar-refractivity contribution >= 4 is 34.7 Å². The number of thiophene rings is 1. The molecule has 3 rings (SSSR count). The van der Waals surface area contributed by atoms with Gasteiger partial charge < -0.3 is 4.57 Å². The third kappa shape index (κ3) is 3.54. The first-order valence-corrected chi connectivity index (χ1v) is 9.33. The smallest absolute Gasteiger partial charge is 0.191 e. The van der Waals surface area contributed by atoms with Crippen molar-refractivity contribution in [1.29, 1.82) is 0 Å². The molecule has 22 heavy (non-hydrogen) atoms. The van der Waals surface area contributed by atoms with Crippen LogP contribution in [0.25, 0.3) is 0 Å². The Hall–Kier alpha value is -1.30. The first kappa shape index (κ1) is 15.6. The van der Waals surface area contributed by atoms with Crippen molar-refractivity contribution in [2.45, 2.75) is 30.8 Å². The van der Waals surface area contributed by atoms with E-state index < -0.39 is 0 Å². The van der Waals surface area contributed by atoms with E-state index in [1.165, 1.54) is 4.88 Å². The third-order valence-electron chi connectivity index (χ3n) is 3.34. The molecule has 0 spiro atoms. The molecule has 1 aromatic carbocycles. The Labute approximate surface area is 143 Å². The first-order chi connectivity index (χ1) is 10.8. The molecule has 0 saturated heterocycles. The lowest BCUT2D eigenvalue weighted by Crippen LogP contribution is -2.03. The van der Waals surface area contributed by atoms with Gasteiger partial charge in [0.2, 0.25) is 0 Å². The molecule has 2 aromatic heterocycles. The van der Waals surface area contributed by atoms with Crippen molar-refractivity contribution in [1.82, 2.24) is 14.8 Å². The largest absolute Gasteiger partial charge is 0.306 e. The summed E-state index contributed by atoms with van der Waals surface area (Å²) < 4.78 is 2.18. The fourth-order valence-electron chi connectivity index (χ4n) is 2.20. The number of thioether (sulfide) groups is 1. The van der Waals surface area contributed by atoms with Gasteiger partial charge in [0.05, 0.1) is 0 Å². The molecule has 2 heterocycles. The number of aromatic nitrogens is 3.